The molecule has 0 unspecified atom stereocenters. The van der Waals surface area contributed by atoms with E-state index in [0.29, 0.717) is 12.6 Å². The number of nitrogens with zero attached hydrogens (tertiary/aromatic N) is 2. The third kappa shape index (κ3) is 2.69. The van der Waals surface area contributed by atoms with Gasteiger partial charge in [-0.1, -0.05) is 0 Å². The number of piperazine rings is 1. The number of primary amides is 1. The Morgan fingerprint density at radius 1 is 1.43 bits per heavy atom. The SMILES string of the molecule is CC(C)[N+]1(C)CCN(CC(N)=O)CC1. The van der Waals surface area contributed by atoms with Gasteiger partial charge in [0.15, 0.2) is 0 Å². The molecule has 0 bridgehead atoms. The summed E-state index contributed by atoms with van der Waals surface area (Å²) >= 11 is 0. The Bertz CT molecular complexity index is 207. The van der Waals surface area contributed by atoms with Crippen LogP contribution in [0.4, 0.5) is 0 Å². The molecular formula is C10H22N3O+. The first-order chi connectivity index (χ1) is 6.44. The van der Waals surface area contributed by atoms with E-state index in [4.69, 9.17) is 5.73 Å². The molecule has 0 aromatic heterocycles. The van der Waals surface area contributed by atoms with Crippen molar-refractivity contribution in [1.29, 1.82) is 0 Å². The van der Waals surface area contributed by atoms with Crippen molar-refractivity contribution in [3.8, 4) is 0 Å². The fourth-order valence-electron chi connectivity index (χ4n) is 1.86. The van der Waals surface area contributed by atoms with Crippen LogP contribution in [-0.2, 0) is 4.79 Å². The number of quaternary nitrogens is 1. The van der Waals surface area contributed by atoms with Gasteiger partial charge in [-0.25, -0.2) is 0 Å². The van der Waals surface area contributed by atoms with Gasteiger partial charge in [0.05, 0.1) is 32.7 Å². The molecule has 14 heavy (non-hydrogen) atoms. The van der Waals surface area contributed by atoms with Gasteiger partial charge in [-0.2, -0.15) is 0 Å². The van der Waals surface area contributed by atoms with Gasteiger partial charge in [-0.05, 0) is 13.8 Å². The van der Waals surface area contributed by atoms with E-state index in [9.17, 15) is 4.79 Å². The number of carbonyl (C=O) groups excluding carboxylic acids is 1. The standard InChI is InChI=1S/C10H21N3O/c1-9(2)13(3)6-4-12(5-7-13)8-10(11)14/h9H,4-8H2,1-3H3,(H-,11,14)/p+1. The van der Waals surface area contributed by atoms with Crippen molar-refractivity contribution in [3.63, 3.8) is 0 Å². The number of amides is 1. The maximum atomic E-state index is 10.7. The lowest BCUT2D eigenvalue weighted by atomic mass is 10.2. The maximum absolute atomic E-state index is 10.7. The maximum Gasteiger partial charge on any atom is 0.231 e. The molecule has 0 radical (unpaired) electrons. The summed E-state index contributed by atoms with van der Waals surface area (Å²) in [6.07, 6.45) is 0. The number of carbonyl (C=O) groups is 1. The van der Waals surface area contributed by atoms with E-state index < -0.39 is 0 Å². The molecule has 0 saturated carbocycles. The molecule has 82 valence electrons. The fourth-order valence-corrected chi connectivity index (χ4v) is 1.86. The summed E-state index contributed by atoms with van der Waals surface area (Å²) in [5.74, 6) is -0.217. The van der Waals surface area contributed by atoms with Gasteiger partial charge < -0.3 is 10.2 Å². The third-order valence-corrected chi connectivity index (χ3v) is 3.48. The Hall–Kier alpha value is -0.610. The number of hydrogen-bond acceptors (Lipinski definition) is 2. The van der Waals surface area contributed by atoms with Crippen LogP contribution in [0.15, 0.2) is 0 Å². The Morgan fingerprint density at radius 2 is 1.93 bits per heavy atom. The summed E-state index contributed by atoms with van der Waals surface area (Å²) in [6.45, 7) is 9.12. The zero-order valence-electron chi connectivity index (χ0n) is 9.49. The quantitative estimate of drug-likeness (QED) is 0.633. The third-order valence-electron chi connectivity index (χ3n) is 3.48. The lowest BCUT2D eigenvalue weighted by Crippen LogP contribution is -2.61. The van der Waals surface area contributed by atoms with Crippen molar-refractivity contribution in [1.82, 2.24) is 4.90 Å². The monoisotopic (exact) mass is 200 g/mol. The molecule has 4 nitrogen and oxygen atoms in total. The highest BCUT2D eigenvalue weighted by molar-refractivity contribution is 5.75. The highest BCUT2D eigenvalue weighted by atomic mass is 16.1. The van der Waals surface area contributed by atoms with Crippen LogP contribution in [0, 0.1) is 0 Å². The molecule has 1 fully saturated rings. The van der Waals surface area contributed by atoms with Crippen LogP contribution >= 0.6 is 0 Å². The van der Waals surface area contributed by atoms with Gasteiger partial charge in [-0.3, -0.25) is 9.69 Å². The Morgan fingerprint density at radius 3 is 2.29 bits per heavy atom. The molecule has 4 heteroatoms. The topological polar surface area (TPSA) is 46.3 Å². The Labute approximate surface area is 86.2 Å². The second-order valence-corrected chi connectivity index (χ2v) is 4.76. The molecule has 0 atom stereocenters. The van der Waals surface area contributed by atoms with Crippen LogP contribution in [0.5, 0.6) is 0 Å². The fraction of sp³-hybridized carbons (Fsp3) is 0.900. The predicted molar refractivity (Wildman–Crippen MR) is 56.7 cm³/mol. The van der Waals surface area contributed by atoms with Gasteiger partial charge in [-0.15, -0.1) is 0 Å². The number of hydrogen-bond donors (Lipinski definition) is 1. The van der Waals surface area contributed by atoms with Crippen LogP contribution in [0.1, 0.15) is 13.8 Å². The van der Waals surface area contributed by atoms with E-state index in [1.54, 1.807) is 0 Å². The highest BCUT2D eigenvalue weighted by Gasteiger charge is 2.31. The minimum atomic E-state index is -0.217. The molecule has 1 rings (SSSR count). The average molecular weight is 200 g/mol. The normalized spacial score (nSPS) is 22.6. The van der Waals surface area contributed by atoms with E-state index in [0.717, 1.165) is 30.7 Å². The van der Waals surface area contributed by atoms with Crippen molar-refractivity contribution < 1.29 is 9.28 Å². The highest BCUT2D eigenvalue weighted by Crippen LogP contribution is 2.14. The minimum Gasteiger partial charge on any atom is -0.369 e. The number of likely N-dealkylation sites (N-methyl/N-ethyl adjacent to an activating group) is 1. The second-order valence-electron chi connectivity index (χ2n) is 4.76. The molecule has 0 aromatic carbocycles. The summed E-state index contributed by atoms with van der Waals surface area (Å²) in [4.78, 5) is 12.9. The smallest absolute Gasteiger partial charge is 0.231 e. The number of nitrogens with two attached hydrogens (primary N) is 1. The van der Waals surface area contributed by atoms with Crippen molar-refractivity contribution in [3.05, 3.63) is 0 Å². The first kappa shape index (κ1) is 11.5. The first-order valence-corrected chi connectivity index (χ1v) is 5.29. The van der Waals surface area contributed by atoms with E-state index in [1.807, 2.05) is 0 Å². The van der Waals surface area contributed by atoms with Gasteiger partial charge in [0.2, 0.25) is 5.91 Å². The largest absolute Gasteiger partial charge is 0.369 e. The average Bonchev–Trinajstić information content (AvgIpc) is 2.08. The van der Waals surface area contributed by atoms with Crippen molar-refractivity contribution in [2.24, 2.45) is 5.73 Å². The van der Waals surface area contributed by atoms with Crippen LogP contribution in [0.25, 0.3) is 0 Å². The molecule has 0 spiro atoms. The lowest BCUT2D eigenvalue weighted by molar-refractivity contribution is -0.933. The second kappa shape index (κ2) is 4.28. The van der Waals surface area contributed by atoms with Crippen LogP contribution < -0.4 is 5.73 Å². The van der Waals surface area contributed by atoms with E-state index in [1.165, 1.54) is 0 Å². The van der Waals surface area contributed by atoms with Crippen molar-refractivity contribution in [2.75, 3.05) is 39.8 Å². The summed E-state index contributed by atoms with van der Waals surface area (Å²) in [6, 6.07) is 0.658. The zero-order chi connectivity index (χ0) is 10.8. The Balaban J connectivity index is 2.41. The van der Waals surface area contributed by atoms with Crippen LogP contribution in [0.3, 0.4) is 0 Å². The number of rotatable bonds is 3. The molecule has 1 amide bonds. The zero-order valence-corrected chi connectivity index (χ0v) is 9.49. The molecule has 0 aliphatic carbocycles. The van der Waals surface area contributed by atoms with Gasteiger partial charge in [0.25, 0.3) is 0 Å². The van der Waals surface area contributed by atoms with E-state index in [-0.39, 0.29) is 5.91 Å². The van der Waals surface area contributed by atoms with Gasteiger partial charge >= 0.3 is 0 Å². The molecule has 1 aliphatic rings. The minimum absolute atomic E-state index is 0.217. The predicted octanol–water partition coefficient (Wildman–Crippen LogP) is -0.358. The summed E-state index contributed by atoms with van der Waals surface area (Å²) < 4.78 is 1.11. The van der Waals surface area contributed by atoms with E-state index in [2.05, 4.69) is 25.8 Å². The van der Waals surface area contributed by atoms with Crippen LogP contribution in [-0.4, -0.2) is 61.1 Å². The molecule has 0 aromatic rings. The van der Waals surface area contributed by atoms with Gasteiger partial charge in [0, 0.05) is 13.1 Å². The lowest BCUT2D eigenvalue weighted by Gasteiger charge is -2.44. The Kier molecular flexibility index (Phi) is 3.50. The summed E-state index contributed by atoms with van der Waals surface area (Å²) in [5, 5.41) is 0. The van der Waals surface area contributed by atoms with Crippen LogP contribution in [0.2, 0.25) is 0 Å². The summed E-state index contributed by atoms with van der Waals surface area (Å²) in [7, 11) is 2.28. The van der Waals surface area contributed by atoms with E-state index >= 15 is 0 Å². The molecule has 1 saturated heterocycles. The molecular weight excluding hydrogens is 178 g/mol. The molecule has 2 N–H and O–H groups in total. The van der Waals surface area contributed by atoms with Crippen molar-refractivity contribution >= 4 is 5.91 Å². The molecule has 1 aliphatic heterocycles. The van der Waals surface area contributed by atoms with Crippen molar-refractivity contribution in [2.45, 2.75) is 19.9 Å². The van der Waals surface area contributed by atoms with Gasteiger partial charge in [0.1, 0.15) is 0 Å². The molecule has 1 heterocycles. The first-order valence-electron chi connectivity index (χ1n) is 5.29. The summed E-state index contributed by atoms with van der Waals surface area (Å²) in [5.41, 5.74) is 5.16.